The highest BCUT2D eigenvalue weighted by molar-refractivity contribution is 6.01. The zero-order valence-corrected chi connectivity index (χ0v) is 19.1. The molecule has 8 heteroatoms. The fraction of sp³-hybridized carbons (Fsp3) is 0.111. The Hall–Kier alpha value is -4.90. The number of nitriles is 1. The molecule has 3 N–H and O–H groups in total. The Labute approximate surface area is 201 Å². The molecule has 0 bridgehead atoms. The lowest BCUT2D eigenvalue weighted by Gasteiger charge is -2.04. The number of nitrogens with one attached hydrogen (secondary N) is 3. The van der Waals surface area contributed by atoms with Crippen LogP contribution in [0.15, 0.2) is 93.6 Å². The van der Waals surface area contributed by atoms with Gasteiger partial charge in [0.05, 0.1) is 5.52 Å². The number of rotatable bonds is 6. The first-order valence-corrected chi connectivity index (χ1v) is 10.8. The number of nitrogens with zero attached hydrogens (tertiary/aromatic N) is 1. The van der Waals surface area contributed by atoms with Crippen molar-refractivity contribution < 1.29 is 14.0 Å². The molecule has 35 heavy (non-hydrogen) atoms. The summed E-state index contributed by atoms with van der Waals surface area (Å²) in [6.07, 6.45) is 1.45. The Morgan fingerprint density at radius 3 is 2.11 bits per heavy atom. The summed E-state index contributed by atoms with van der Waals surface area (Å²) < 4.78 is 4.97. The summed E-state index contributed by atoms with van der Waals surface area (Å²) in [5.74, 6) is -1.00. The minimum atomic E-state index is -0.549. The van der Waals surface area contributed by atoms with Gasteiger partial charge < -0.3 is 15.1 Å². The topological polar surface area (TPSA) is 128 Å². The summed E-state index contributed by atoms with van der Waals surface area (Å²) in [5, 5.41) is 14.6. The lowest BCUT2D eigenvalue weighted by atomic mass is 10.1. The molecule has 0 aliphatic rings. The molecule has 1 heterocycles. The highest BCUT2D eigenvalue weighted by Gasteiger charge is 2.09. The van der Waals surface area contributed by atoms with E-state index in [9.17, 15) is 19.6 Å². The Morgan fingerprint density at radius 1 is 0.943 bits per heavy atom. The van der Waals surface area contributed by atoms with Crippen LogP contribution >= 0.6 is 0 Å². The number of oxazole rings is 1. The van der Waals surface area contributed by atoms with E-state index in [0.29, 0.717) is 29.8 Å². The van der Waals surface area contributed by atoms with Crippen molar-refractivity contribution in [2.75, 3.05) is 0 Å². The van der Waals surface area contributed by atoms with Gasteiger partial charge in [-0.15, -0.1) is 0 Å². The maximum Gasteiger partial charge on any atom is 0.417 e. The maximum absolute atomic E-state index is 12.1. The quantitative estimate of drug-likeness (QED) is 0.294. The molecule has 1 aromatic heterocycles. The van der Waals surface area contributed by atoms with Crippen molar-refractivity contribution in [2.24, 2.45) is 0 Å². The molecular formula is C27H24N4O4. The average Bonchev–Trinajstić information content (AvgIpc) is 3.25. The van der Waals surface area contributed by atoms with Crippen LogP contribution in [0.3, 0.4) is 0 Å². The molecule has 176 valence electrons. The standard InChI is InChI=1S/C18H13N3O3.C9H11NO/c19-10-14(17(22)20-11-12-4-2-1-3-5-12)8-13-6-7-15-16(9-13)24-18(23)21-15;1-8(11)10-7-9-5-3-2-4-6-9/h1-9H,11H2,(H,20,22)(H,21,23);2-6H,7H2,1H3,(H,10,11)/b14-8+;. The van der Waals surface area contributed by atoms with Crippen molar-refractivity contribution in [3.63, 3.8) is 0 Å². The van der Waals surface area contributed by atoms with Crippen LogP contribution in [0.5, 0.6) is 0 Å². The van der Waals surface area contributed by atoms with E-state index in [0.717, 1.165) is 11.1 Å². The fourth-order valence-corrected chi connectivity index (χ4v) is 3.06. The second-order valence-corrected chi connectivity index (χ2v) is 7.50. The third kappa shape index (κ3) is 7.87. The molecule has 0 unspecified atom stereocenters. The van der Waals surface area contributed by atoms with Crippen molar-refractivity contribution in [1.82, 2.24) is 15.6 Å². The van der Waals surface area contributed by atoms with E-state index in [1.807, 2.05) is 66.7 Å². The molecule has 4 rings (SSSR count). The maximum atomic E-state index is 12.1. The predicted octanol–water partition coefficient (Wildman–Crippen LogP) is 3.67. The molecule has 0 radical (unpaired) electrons. The van der Waals surface area contributed by atoms with Gasteiger partial charge in [-0.2, -0.15) is 5.26 Å². The third-order valence-electron chi connectivity index (χ3n) is 4.80. The van der Waals surface area contributed by atoms with Gasteiger partial charge in [0.1, 0.15) is 11.6 Å². The van der Waals surface area contributed by atoms with Crippen molar-refractivity contribution in [1.29, 1.82) is 5.26 Å². The molecule has 4 aromatic rings. The van der Waals surface area contributed by atoms with Gasteiger partial charge in [0, 0.05) is 20.0 Å². The number of benzene rings is 3. The first kappa shape index (κ1) is 24.7. The molecule has 0 fully saturated rings. The van der Waals surface area contributed by atoms with Crippen LogP contribution in [0.2, 0.25) is 0 Å². The molecule has 8 nitrogen and oxygen atoms in total. The van der Waals surface area contributed by atoms with E-state index in [1.54, 1.807) is 18.2 Å². The van der Waals surface area contributed by atoms with E-state index in [4.69, 9.17) is 4.42 Å². The number of carbonyl (C=O) groups excluding carboxylic acids is 2. The number of fused-ring (bicyclic) bond motifs is 1. The zero-order valence-electron chi connectivity index (χ0n) is 19.1. The number of hydrogen-bond donors (Lipinski definition) is 3. The summed E-state index contributed by atoms with van der Waals surface area (Å²) in [6, 6.07) is 26.1. The molecule has 3 aromatic carbocycles. The van der Waals surface area contributed by atoms with Crippen LogP contribution in [-0.2, 0) is 22.7 Å². The average molecular weight is 469 g/mol. The monoisotopic (exact) mass is 468 g/mol. The number of carbonyl (C=O) groups is 2. The van der Waals surface area contributed by atoms with Crippen molar-refractivity contribution >= 4 is 29.0 Å². The Morgan fingerprint density at radius 2 is 1.54 bits per heavy atom. The van der Waals surface area contributed by atoms with Gasteiger partial charge in [0.15, 0.2) is 5.58 Å². The lowest BCUT2D eigenvalue weighted by Crippen LogP contribution is -2.23. The van der Waals surface area contributed by atoms with Crippen molar-refractivity contribution in [3.05, 3.63) is 112 Å². The van der Waals surface area contributed by atoms with Crippen LogP contribution in [0.1, 0.15) is 23.6 Å². The minimum absolute atomic E-state index is 0.00820. The number of aromatic nitrogens is 1. The van der Waals surface area contributed by atoms with Crippen molar-refractivity contribution in [2.45, 2.75) is 20.0 Å². The molecule has 0 saturated heterocycles. The van der Waals surface area contributed by atoms with Crippen LogP contribution in [0.25, 0.3) is 17.2 Å². The second kappa shape index (κ2) is 12.4. The summed E-state index contributed by atoms with van der Waals surface area (Å²) in [5.41, 5.74) is 3.57. The van der Waals surface area contributed by atoms with Gasteiger partial charge in [-0.25, -0.2) is 4.79 Å². The Bertz CT molecular complexity index is 1410. The highest BCUT2D eigenvalue weighted by Crippen LogP contribution is 2.15. The Balaban J connectivity index is 0.000000261. The molecule has 0 aliphatic carbocycles. The van der Waals surface area contributed by atoms with Gasteiger partial charge in [-0.05, 0) is 34.9 Å². The van der Waals surface area contributed by atoms with Gasteiger partial charge >= 0.3 is 5.76 Å². The van der Waals surface area contributed by atoms with Gasteiger partial charge in [-0.1, -0.05) is 66.7 Å². The molecule has 0 aliphatic heterocycles. The van der Waals surface area contributed by atoms with E-state index in [2.05, 4.69) is 15.6 Å². The number of hydrogen-bond acceptors (Lipinski definition) is 5. The van der Waals surface area contributed by atoms with E-state index >= 15 is 0 Å². The van der Waals surface area contributed by atoms with Crippen molar-refractivity contribution in [3.8, 4) is 6.07 Å². The van der Waals surface area contributed by atoms with E-state index < -0.39 is 11.7 Å². The minimum Gasteiger partial charge on any atom is -0.408 e. The van der Waals surface area contributed by atoms with Gasteiger partial charge in [-0.3, -0.25) is 14.6 Å². The predicted molar refractivity (Wildman–Crippen MR) is 133 cm³/mol. The van der Waals surface area contributed by atoms with Gasteiger partial charge in [0.25, 0.3) is 5.91 Å². The normalized spacial score (nSPS) is 10.6. The summed E-state index contributed by atoms with van der Waals surface area (Å²) >= 11 is 0. The summed E-state index contributed by atoms with van der Waals surface area (Å²) in [6.45, 7) is 2.48. The van der Waals surface area contributed by atoms with Crippen LogP contribution < -0.4 is 16.4 Å². The third-order valence-corrected chi connectivity index (χ3v) is 4.80. The van der Waals surface area contributed by atoms with Gasteiger partial charge in [0.2, 0.25) is 5.91 Å². The smallest absolute Gasteiger partial charge is 0.408 e. The molecule has 0 spiro atoms. The fourth-order valence-electron chi connectivity index (χ4n) is 3.06. The van der Waals surface area contributed by atoms with E-state index in [1.165, 1.54) is 13.0 Å². The first-order valence-electron chi connectivity index (χ1n) is 10.8. The van der Waals surface area contributed by atoms with Crippen LogP contribution in [0, 0.1) is 11.3 Å². The molecule has 2 amide bonds. The van der Waals surface area contributed by atoms with Crippen LogP contribution in [-0.4, -0.2) is 16.8 Å². The highest BCUT2D eigenvalue weighted by atomic mass is 16.4. The summed E-state index contributed by atoms with van der Waals surface area (Å²) in [4.78, 5) is 36.3. The van der Waals surface area contributed by atoms with Crippen LogP contribution in [0.4, 0.5) is 0 Å². The SMILES string of the molecule is CC(=O)NCc1ccccc1.N#C/C(=C\c1ccc2[nH]c(=O)oc2c1)C(=O)NCc1ccccc1. The number of aromatic amines is 1. The second-order valence-electron chi connectivity index (χ2n) is 7.50. The molecule has 0 atom stereocenters. The summed E-state index contributed by atoms with van der Waals surface area (Å²) in [7, 11) is 0. The molecule has 0 saturated carbocycles. The molecular weight excluding hydrogens is 444 g/mol. The van der Waals surface area contributed by atoms with E-state index in [-0.39, 0.29) is 11.5 Å². The zero-order chi connectivity index (χ0) is 25.0. The largest absolute Gasteiger partial charge is 0.417 e. The Kier molecular flexibility index (Phi) is 8.74. The lowest BCUT2D eigenvalue weighted by molar-refractivity contribution is -0.119. The first-order chi connectivity index (χ1) is 16.9. The number of H-pyrrole nitrogens is 1. The number of amides is 2.